The van der Waals surface area contributed by atoms with Crippen molar-refractivity contribution in [3.05, 3.63) is 32.8 Å². The fourth-order valence-electron chi connectivity index (χ4n) is 1.24. The van der Waals surface area contributed by atoms with Crippen molar-refractivity contribution < 1.29 is 23.2 Å². The summed E-state index contributed by atoms with van der Waals surface area (Å²) in [5, 5.41) is 19.0. The van der Waals surface area contributed by atoms with E-state index in [9.17, 15) is 23.3 Å². The van der Waals surface area contributed by atoms with Gasteiger partial charge < -0.3 is 10.0 Å². The van der Waals surface area contributed by atoms with Crippen LogP contribution in [0.15, 0.2) is 21.4 Å². The highest BCUT2D eigenvalue weighted by Crippen LogP contribution is 2.33. The molecule has 0 atom stereocenters. The van der Waals surface area contributed by atoms with Gasteiger partial charge in [-0.25, -0.2) is 4.79 Å². The van der Waals surface area contributed by atoms with E-state index in [4.69, 9.17) is 16.7 Å². The number of nitro groups is 1. The van der Waals surface area contributed by atoms with Gasteiger partial charge in [-0.2, -0.15) is 8.42 Å². The molecule has 0 bridgehead atoms. The molecule has 0 saturated heterocycles. The first kappa shape index (κ1) is 16.9. The zero-order chi connectivity index (χ0) is 16.4. The van der Waals surface area contributed by atoms with Gasteiger partial charge in [0, 0.05) is 20.2 Å². The maximum atomic E-state index is 12.0. The highest BCUT2D eigenvalue weighted by atomic mass is 35.5. The summed E-state index contributed by atoms with van der Waals surface area (Å²) in [7, 11) is -1.35. The van der Waals surface area contributed by atoms with Crippen LogP contribution in [0.4, 0.5) is 5.69 Å². The van der Waals surface area contributed by atoms with Crippen molar-refractivity contribution >= 4 is 39.6 Å². The van der Waals surface area contributed by atoms with Gasteiger partial charge in [-0.15, -0.1) is 4.40 Å². The Labute approximate surface area is 124 Å². The number of halogens is 1. The fourth-order valence-corrected chi connectivity index (χ4v) is 2.74. The number of aromatic carboxylic acids is 1. The largest absolute Gasteiger partial charge is 0.478 e. The number of benzene rings is 1. The number of carbonyl (C=O) groups is 1. The molecule has 0 aliphatic rings. The summed E-state index contributed by atoms with van der Waals surface area (Å²) >= 11 is 5.68. The van der Waals surface area contributed by atoms with Crippen molar-refractivity contribution in [1.29, 1.82) is 0 Å². The lowest BCUT2D eigenvalue weighted by Crippen LogP contribution is -2.11. The molecule has 0 saturated carbocycles. The Kier molecular flexibility index (Phi) is 4.86. The summed E-state index contributed by atoms with van der Waals surface area (Å²) in [5.74, 6) is -1.53. The Morgan fingerprint density at radius 3 is 2.48 bits per heavy atom. The zero-order valence-electron chi connectivity index (χ0n) is 10.8. The van der Waals surface area contributed by atoms with Crippen LogP contribution in [0.1, 0.15) is 10.4 Å². The fraction of sp³-hybridized carbons (Fsp3) is 0.200. The van der Waals surface area contributed by atoms with E-state index < -0.39 is 42.1 Å². The summed E-state index contributed by atoms with van der Waals surface area (Å²) in [6.07, 6.45) is 0.949. The van der Waals surface area contributed by atoms with Crippen molar-refractivity contribution in [3.8, 4) is 0 Å². The van der Waals surface area contributed by atoms with Gasteiger partial charge in [0.2, 0.25) is 0 Å². The van der Waals surface area contributed by atoms with Gasteiger partial charge in [0.25, 0.3) is 15.7 Å². The number of nitrogens with zero attached hydrogens (tertiary/aromatic N) is 3. The highest BCUT2D eigenvalue weighted by molar-refractivity contribution is 7.90. The number of hydrogen-bond donors (Lipinski definition) is 1. The maximum absolute atomic E-state index is 12.0. The quantitative estimate of drug-likeness (QED) is 0.370. The minimum atomic E-state index is -4.37. The third-order valence-corrected chi connectivity index (χ3v) is 3.92. The topological polar surface area (TPSA) is 130 Å². The average Bonchev–Trinajstić information content (AvgIpc) is 2.35. The molecular formula is C10H10ClN3O6S. The Morgan fingerprint density at radius 1 is 1.48 bits per heavy atom. The number of sulfonamides is 1. The molecule has 114 valence electrons. The van der Waals surface area contributed by atoms with Crippen LogP contribution in [0.5, 0.6) is 0 Å². The zero-order valence-corrected chi connectivity index (χ0v) is 12.4. The van der Waals surface area contributed by atoms with E-state index in [1.54, 1.807) is 0 Å². The summed E-state index contributed by atoms with van der Waals surface area (Å²) in [6, 6.07) is 1.40. The minimum Gasteiger partial charge on any atom is -0.478 e. The molecule has 1 aromatic carbocycles. The molecule has 0 spiro atoms. The SMILES string of the molecule is CN(C)C=NS(=O)(=O)c1cc(C(=O)O)cc([N+](=O)[O-])c1Cl. The van der Waals surface area contributed by atoms with Crippen molar-refractivity contribution in [3.63, 3.8) is 0 Å². The Hall–Kier alpha value is -2.20. The van der Waals surface area contributed by atoms with Crippen molar-refractivity contribution in [2.45, 2.75) is 4.90 Å². The van der Waals surface area contributed by atoms with Gasteiger partial charge >= 0.3 is 5.97 Å². The summed E-state index contributed by atoms with van der Waals surface area (Å²) < 4.78 is 27.2. The Balaban J connectivity index is 3.62. The second-order valence-electron chi connectivity index (χ2n) is 4.03. The summed E-state index contributed by atoms with van der Waals surface area (Å²) in [4.78, 5) is 21.4. The van der Waals surface area contributed by atoms with Gasteiger partial charge in [0.05, 0.1) is 10.5 Å². The average molecular weight is 336 g/mol. The van der Waals surface area contributed by atoms with Crippen LogP contribution in [-0.2, 0) is 10.0 Å². The lowest BCUT2D eigenvalue weighted by atomic mass is 10.2. The summed E-state index contributed by atoms with van der Waals surface area (Å²) in [5.41, 5.74) is -1.40. The van der Waals surface area contributed by atoms with Crippen LogP contribution in [0, 0.1) is 10.1 Å². The molecule has 1 N–H and O–H groups in total. The Morgan fingerprint density at radius 2 is 2.05 bits per heavy atom. The summed E-state index contributed by atoms with van der Waals surface area (Å²) in [6.45, 7) is 0. The molecule has 0 radical (unpaired) electrons. The smallest absolute Gasteiger partial charge is 0.335 e. The molecule has 1 aromatic rings. The van der Waals surface area contributed by atoms with Crippen LogP contribution < -0.4 is 0 Å². The van der Waals surface area contributed by atoms with E-state index in [2.05, 4.69) is 4.40 Å². The van der Waals surface area contributed by atoms with Gasteiger partial charge in [-0.1, -0.05) is 11.6 Å². The lowest BCUT2D eigenvalue weighted by Gasteiger charge is -2.06. The molecule has 0 amide bonds. The van der Waals surface area contributed by atoms with Crippen molar-refractivity contribution in [1.82, 2.24) is 4.90 Å². The molecule has 11 heteroatoms. The molecular weight excluding hydrogens is 326 g/mol. The van der Waals surface area contributed by atoms with E-state index in [1.807, 2.05) is 0 Å². The third-order valence-electron chi connectivity index (χ3n) is 2.16. The molecule has 0 fully saturated rings. The number of rotatable bonds is 5. The van der Waals surface area contributed by atoms with Gasteiger partial charge in [0.1, 0.15) is 16.3 Å². The van der Waals surface area contributed by atoms with Crippen molar-refractivity contribution in [2.75, 3.05) is 14.1 Å². The first-order chi connectivity index (χ1) is 9.56. The van der Waals surface area contributed by atoms with Gasteiger partial charge in [-0.3, -0.25) is 10.1 Å². The predicted molar refractivity (Wildman–Crippen MR) is 74.4 cm³/mol. The number of carboxylic acids is 1. The first-order valence-corrected chi connectivity index (χ1v) is 7.06. The normalized spacial score (nSPS) is 11.6. The Bertz CT molecular complexity index is 729. The molecule has 0 heterocycles. The van der Waals surface area contributed by atoms with E-state index in [0.717, 1.165) is 12.4 Å². The van der Waals surface area contributed by atoms with E-state index in [0.29, 0.717) is 6.07 Å². The number of carboxylic acid groups (broad SMARTS) is 1. The van der Waals surface area contributed by atoms with E-state index in [1.165, 1.54) is 19.0 Å². The van der Waals surface area contributed by atoms with E-state index >= 15 is 0 Å². The maximum Gasteiger partial charge on any atom is 0.335 e. The standard InChI is InChI=1S/C10H10ClN3O6S/c1-13(2)5-12-21(19,20)8-4-6(10(15)16)3-7(9(8)11)14(17)18/h3-5H,1-2H3,(H,15,16). The molecule has 0 aliphatic heterocycles. The van der Waals surface area contributed by atoms with E-state index in [-0.39, 0.29) is 0 Å². The number of nitro benzene ring substituents is 1. The van der Waals surface area contributed by atoms with Gasteiger partial charge in [-0.05, 0) is 6.07 Å². The van der Waals surface area contributed by atoms with Crippen molar-refractivity contribution in [2.24, 2.45) is 4.40 Å². The highest BCUT2D eigenvalue weighted by Gasteiger charge is 2.27. The lowest BCUT2D eigenvalue weighted by molar-refractivity contribution is -0.384. The predicted octanol–water partition coefficient (Wildman–Crippen LogP) is 1.23. The second-order valence-corrected chi connectivity index (χ2v) is 6.01. The second kappa shape index (κ2) is 6.06. The molecule has 1 rings (SSSR count). The molecule has 9 nitrogen and oxygen atoms in total. The molecule has 21 heavy (non-hydrogen) atoms. The first-order valence-electron chi connectivity index (χ1n) is 5.24. The minimum absolute atomic E-state index is 0.579. The third kappa shape index (κ3) is 3.89. The number of hydrogen-bond acceptors (Lipinski definition) is 5. The molecule has 0 unspecified atom stereocenters. The molecule has 0 aliphatic carbocycles. The molecule has 0 aromatic heterocycles. The monoisotopic (exact) mass is 335 g/mol. The van der Waals surface area contributed by atoms with Gasteiger partial charge in [0.15, 0.2) is 0 Å². The van der Waals surface area contributed by atoms with Crippen LogP contribution >= 0.6 is 11.6 Å². The van der Waals surface area contributed by atoms with Crippen LogP contribution in [0.25, 0.3) is 0 Å². The van der Waals surface area contributed by atoms with Crippen LogP contribution in [-0.4, -0.2) is 49.8 Å². The van der Waals surface area contributed by atoms with Crippen LogP contribution in [0.2, 0.25) is 5.02 Å². The van der Waals surface area contributed by atoms with Crippen LogP contribution in [0.3, 0.4) is 0 Å².